The van der Waals surface area contributed by atoms with Gasteiger partial charge in [0.05, 0.1) is 13.7 Å². The van der Waals surface area contributed by atoms with Crippen molar-refractivity contribution in [3.8, 4) is 5.75 Å². The Morgan fingerprint density at radius 1 is 1.19 bits per heavy atom. The first-order chi connectivity index (χ1) is 14.7. The summed E-state index contributed by atoms with van der Waals surface area (Å²) in [7, 11) is -2.14. The van der Waals surface area contributed by atoms with E-state index in [1.165, 1.54) is 11.1 Å². The maximum Gasteiger partial charge on any atom is 0.333 e. The lowest BCUT2D eigenvalue weighted by Gasteiger charge is -2.50. The molecular weight excluding hydrogens is 414 g/mol. The highest BCUT2D eigenvalue weighted by Gasteiger charge is 2.58. The summed E-state index contributed by atoms with van der Waals surface area (Å²) in [5.41, 5.74) is 2.71. The molecule has 172 valence electrons. The summed E-state index contributed by atoms with van der Waals surface area (Å²) in [6, 6.07) is 6.53. The number of ketones is 1. The lowest BCUT2D eigenvalue weighted by Crippen LogP contribution is -2.44. The summed E-state index contributed by atoms with van der Waals surface area (Å²) in [4.78, 5) is 13.1. The first kappa shape index (κ1) is 22.7. The topological polar surface area (TPSA) is 95.7 Å². The van der Waals surface area contributed by atoms with E-state index in [2.05, 4.69) is 29.3 Å². The van der Waals surface area contributed by atoms with E-state index in [4.69, 9.17) is 9.88 Å². The summed E-state index contributed by atoms with van der Waals surface area (Å²) < 4.78 is 31.8. The van der Waals surface area contributed by atoms with E-state index in [0.717, 1.165) is 50.7 Å². The Labute approximate surface area is 186 Å². The molecule has 0 saturated heterocycles. The minimum absolute atomic E-state index is 0.133. The standard InChI is InChI=1S/C24H35NO5S/c1-24-12-11-20-19-10-8-18(29-2)14-16(19)7-9-21(20)23(24)17(15-22(24)26)6-4-3-5-13-30-31(25,27)28/h8,10,14,17,20-21,23H,3-7,9,11-13,15H2,1-2H3,(H2,25,27,28)/t17?,20-,21-,23+,24-/m1/s1. The van der Waals surface area contributed by atoms with Crippen molar-refractivity contribution in [2.75, 3.05) is 13.7 Å². The van der Waals surface area contributed by atoms with Gasteiger partial charge in [-0.15, -0.1) is 0 Å². The number of carbonyl (C=O) groups is 1. The van der Waals surface area contributed by atoms with Crippen molar-refractivity contribution in [3.05, 3.63) is 29.3 Å². The summed E-state index contributed by atoms with van der Waals surface area (Å²) >= 11 is 0. The monoisotopic (exact) mass is 449 g/mol. The molecule has 2 N–H and O–H groups in total. The number of rotatable bonds is 8. The molecule has 0 heterocycles. The molecule has 3 aliphatic carbocycles. The number of hydrogen-bond donors (Lipinski definition) is 1. The van der Waals surface area contributed by atoms with Gasteiger partial charge in [-0.2, -0.15) is 8.42 Å². The molecule has 31 heavy (non-hydrogen) atoms. The highest BCUT2D eigenvalue weighted by molar-refractivity contribution is 7.84. The molecule has 0 bridgehead atoms. The molecule has 2 fully saturated rings. The Morgan fingerprint density at radius 3 is 2.74 bits per heavy atom. The third-order valence-electron chi connectivity index (χ3n) is 8.24. The molecular formula is C24H35NO5S. The van der Waals surface area contributed by atoms with Crippen LogP contribution in [-0.2, 0) is 25.7 Å². The zero-order valence-corrected chi connectivity index (χ0v) is 19.5. The number of benzene rings is 1. The molecule has 5 atom stereocenters. The van der Waals surface area contributed by atoms with Gasteiger partial charge in [0.1, 0.15) is 11.5 Å². The van der Waals surface area contributed by atoms with Gasteiger partial charge in [0.25, 0.3) is 0 Å². The number of hydrogen-bond acceptors (Lipinski definition) is 5. The van der Waals surface area contributed by atoms with E-state index in [-0.39, 0.29) is 12.0 Å². The fraction of sp³-hybridized carbons (Fsp3) is 0.708. The molecule has 3 aliphatic rings. The molecule has 0 radical (unpaired) electrons. The van der Waals surface area contributed by atoms with Gasteiger partial charge in [0.15, 0.2) is 0 Å². The first-order valence-electron chi connectivity index (χ1n) is 11.6. The average Bonchev–Trinajstić information content (AvgIpc) is 2.99. The van der Waals surface area contributed by atoms with Crippen molar-refractivity contribution in [2.45, 2.75) is 70.6 Å². The van der Waals surface area contributed by atoms with Crippen molar-refractivity contribution in [3.63, 3.8) is 0 Å². The Kier molecular flexibility index (Phi) is 6.48. The van der Waals surface area contributed by atoms with Crippen LogP contribution in [0.15, 0.2) is 18.2 Å². The van der Waals surface area contributed by atoms with Crippen molar-refractivity contribution >= 4 is 16.1 Å². The third kappa shape index (κ3) is 4.55. The minimum atomic E-state index is -3.85. The Balaban J connectivity index is 1.43. The summed E-state index contributed by atoms with van der Waals surface area (Å²) in [5, 5.41) is 4.87. The van der Waals surface area contributed by atoms with Crippen LogP contribution in [0.3, 0.4) is 0 Å². The maximum absolute atomic E-state index is 13.1. The van der Waals surface area contributed by atoms with Gasteiger partial charge in [-0.1, -0.05) is 25.8 Å². The van der Waals surface area contributed by atoms with Crippen molar-refractivity contribution in [1.29, 1.82) is 0 Å². The van der Waals surface area contributed by atoms with Gasteiger partial charge < -0.3 is 4.74 Å². The zero-order chi connectivity index (χ0) is 22.2. The first-order valence-corrected chi connectivity index (χ1v) is 13.1. The fourth-order valence-corrected chi connectivity index (χ4v) is 7.22. The smallest absolute Gasteiger partial charge is 0.333 e. The van der Waals surface area contributed by atoms with Gasteiger partial charge in [0, 0.05) is 11.8 Å². The lowest BCUT2D eigenvalue weighted by atomic mass is 9.54. The SMILES string of the molecule is COc1ccc2c(c1)CC[C@@H]1[C@@H]2CC[C@]2(C)C(=O)CC(CCCCCOS(N)(=O)=O)[C@@H]12. The van der Waals surface area contributed by atoms with E-state index in [0.29, 0.717) is 42.3 Å². The molecule has 0 aromatic heterocycles. The Bertz CT molecular complexity index is 930. The summed E-state index contributed by atoms with van der Waals surface area (Å²) in [6.45, 7) is 2.36. The van der Waals surface area contributed by atoms with Crippen LogP contribution >= 0.6 is 0 Å². The molecule has 2 saturated carbocycles. The largest absolute Gasteiger partial charge is 0.497 e. The highest BCUT2D eigenvalue weighted by atomic mass is 32.2. The number of nitrogens with two attached hydrogens (primary N) is 1. The molecule has 6 nitrogen and oxygen atoms in total. The van der Waals surface area contributed by atoms with Crippen molar-refractivity contribution in [2.24, 2.45) is 28.3 Å². The lowest BCUT2D eigenvalue weighted by molar-refractivity contribution is -0.129. The molecule has 1 aromatic rings. The van der Waals surface area contributed by atoms with E-state index in [9.17, 15) is 13.2 Å². The van der Waals surface area contributed by atoms with Gasteiger partial charge in [-0.25, -0.2) is 5.14 Å². The van der Waals surface area contributed by atoms with Crippen LogP contribution in [-0.4, -0.2) is 27.9 Å². The molecule has 4 rings (SSSR count). The molecule has 0 spiro atoms. The number of methoxy groups -OCH3 is 1. The summed E-state index contributed by atoms with van der Waals surface area (Å²) in [6.07, 6.45) is 8.57. The van der Waals surface area contributed by atoms with Crippen LogP contribution in [0.25, 0.3) is 0 Å². The minimum Gasteiger partial charge on any atom is -0.497 e. The second-order valence-corrected chi connectivity index (χ2v) is 11.1. The second-order valence-electron chi connectivity index (χ2n) is 9.91. The van der Waals surface area contributed by atoms with E-state index in [1.54, 1.807) is 7.11 Å². The van der Waals surface area contributed by atoms with Gasteiger partial charge in [-0.3, -0.25) is 8.98 Å². The molecule has 0 amide bonds. The highest BCUT2D eigenvalue weighted by Crippen LogP contribution is 2.62. The number of Topliss-reactive ketones (excluding diaryl/α,β-unsaturated/α-hetero) is 1. The molecule has 7 heteroatoms. The van der Waals surface area contributed by atoms with Crippen LogP contribution in [0, 0.1) is 23.2 Å². The van der Waals surface area contributed by atoms with Crippen molar-refractivity contribution in [1.82, 2.24) is 0 Å². The van der Waals surface area contributed by atoms with Crippen LogP contribution in [0.2, 0.25) is 0 Å². The van der Waals surface area contributed by atoms with E-state index >= 15 is 0 Å². The van der Waals surface area contributed by atoms with Gasteiger partial charge in [-0.05, 0) is 85.5 Å². The average molecular weight is 450 g/mol. The van der Waals surface area contributed by atoms with Gasteiger partial charge in [0.2, 0.25) is 0 Å². The van der Waals surface area contributed by atoms with Crippen LogP contribution < -0.4 is 9.88 Å². The number of carbonyl (C=O) groups excluding carboxylic acids is 1. The molecule has 1 unspecified atom stereocenters. The van der Waals surface area contributed by atoms with Crippen LogP contribution in [0.4, 0.5) is 0 Å². The van der Waals surface area contributed by atoms with Crippen LogP contribution in [0.1, 0.15) is 75.3 Å². The number of aryl methyl sites for hydroxylation is 1. The van der Waals surface area contributed by atoms with Gasteiger partial charge >= 0.3 is 10.3 Å². The van der Waals surface area contributed by atoms with E-state index in [1.807, 2.05) is 0 Å². The predicted octanol–water partition coefficient (Wildman–Crippen LogP) is 4.13. The number of ether oxygens (including phenoxy) is 1. The molecule has 0 aliphatic heterocycles. The molecule has 1 aromatic carbocycles. The normalized spacial score (nSPS) is 32.3. The Morgan fingerprint density at radius 2 is 2.00 bits per heavy atom. The quantitative estimate of drug-likeness (QED) is 0.602. The zero-order valence-electron chi connectivity index (χ0n) is 18.6. The van der Waals surface area contributed by atoms with Crippen LogP contribution in [0.5, 0.6) is 5.75 Å². The van der Waals surface area contributed by atoms with E-state index < -0.39 is 10.3 Å². The maximum atomic E-state index is 13.1. The van der Waals surface area contributed by atoms with Crippen molar-refractivity contribution < 1.29 is 22.1 Å². The predicted molar refractivity (Wildman–Crippen MR) is 119 cm³/mol. The second kappa shape index (κ2) is 8.83. The number of unbranched alkanes of at least 4 members (excludes halogenated alkanes) is 2. The fourth-order valence-electron chi connectivity index (χ4n) is 6.87. The summed E-state index contributed by atoms with van der Waals surface area (Å²) in [5.74, 6) is 3.39. The Hall–Kier alpha value is -1.44. The number of fused-ring (bicyclic) bond motifs is 5. The third-order valence-corrected chi connectivity index (χ3v) is 8.74.